The number of benzene rings is 2. The number of tetrazole rings is 1. The zero-order valence-corrected chi connectivity index (χ0v) is 20.5. The van der Waals surface area contributed by atoms with Crippen LogP contribution in [0.25, 0.3) is 5.69 Å². The summed E-state index contributed by atoms with van der Waals surface area (Å²) in [4.78, 5) is 0.982. The number of nitrogens with zero attached hydrogens (tertiary/aromatic N) is 5. The van der Waals surface area contributed by atoms with Crippen molar-refractivity contribution >= 4 is 29.1 Å². The first-order valence-electron chi connectivity index (χ1n) is 10.9. The van der Waals surface area contributed by atoms with E-state index in [4.69, 9.17) is 16.3 Å². The third-order valence-corrected chi connectivity index (χ3v) is 6.68. The molecule has 0 spiro atoms. The molecule has 0 saturated heterocycles. The number of aromatic hydroxyl groups is 1. The van der Waals surface area contributed by atoms with Crippen molar-refractivity contribution in [3.63, 3.8) is 0 Å². The normalized spacial score (nSPS) is 11.7. The molecule has 1 heterocycles. The van der Waals surface area contributed by atoms with Gasteiger partial charge in [-0.3, -0.25) is 0 Å². The number of hydrogen-bond donors (Lipinski definition) is 2. The minimum atomic E-state index is 0.128. The summed E-state index contributed by atoms with van der Waals surface area (Å²) in [6, 6.07) is 9.34. The molecule has 10 heteroatoms. The van der Waals surface area contributed by atoms with Gasteiger partial charge in [0.25, 0.3) is 0 Å². The lowest BCUT2D eigenvalue weighted by Crippen LogP contribution is -2.06. The second-order valence-electron chi connectivity index (χ2n) is 7.39. The summed E-state index contributed by atoms with van der Waals surface area (Å²) in [5.41, 5.74) is 2.56. The number of thioether (sulfide) groups is 1. The predicted molar refractivity (Wildman–Crippen MR) is 130 cm³/mol. The molecular weight excluding hydrogens is 462 g/mol. The second kappa shape index (κ2) is 11.9. The molecular formula is C23H28ClN5O3S. The van der Waals surface area contributed by atoms with Gasteiger partial charge in [0.1, 0.15) is 11.5 Å². The third kappa shape index (κ3) is 5.97. The lowest BCUT2D eigenvalue weighted by atomic mass is 9.99. The Morgan fingerprint density at radius 2 is 2.06 bits per heavy atom. The molecule has 3 rings (SSSR count). The van der Waals surface area contributed by atoms with Gasteiger partial charge in [0, 0.05) is 21.8 Å². The number of halogens is 1. The average Bonchev–Trinajstić information content (AvgIpc) is 3.24. The highest BCUT2D eigenvalue weighted by atomic mass is 35.5. The van der Waals surface area contributed by atoms with Crippen LogP contribution in [-0.4, -0.2) is 48.6 Å². The number of ether oxygens (including phenoxy) is 1. The average molecular weight is 490 g/mol. The van der Waals surface area contributed by atoms with Crippen LogP contribution in [0.1, 0.15) is 50.1 Å². The van der Waals surface area contributed by atoms with Gasteiger partial charge in [-0.15, -0.1) is 16.9 Å². The van der Waals surface area contributed by atoms with Gasteiger partial charge in [-0.2, -0.15) is 4.68 Å². The Bertz CT molecular complexity index is 1120. The maximum Gasteiger partial charge on any atom is 0.153 e. The summed E-state index contributed by atoms with van der Waals surface area (Å²) in [6.07, 6.45) is 2.86. The molecule has 2 aromatic carbocycles. The van der Waals surface area contributed by atoms with Crippen molar-refractivity contribution in [2.45, 2.75) is 51.3 Å². The molecule has 0 aliphatic rings. The molecule has 3 aromatic rings. The topological polar surface area (TPSA) is 106 Å². The zero-order chi connectivity index (χ0) is 23.8. The number of phenols is 1. The van der Waals surface area contributed by atoms with Crippen LogP contribution >= 0.6 is 23.4 Å². The van der Waals surface area contributed by atoms with Crippen molar-refractivity contribution in [1.29, 1.82) is 0 Å². The van der Waals surface area contributed by atoms with Gasteiger partial charge in [-0.05, 0) is 66.9 Å². The summed E-state index contributed by atoms with van der Waals surface area (Å²) < 4.78 is 7.63. The lowest BCUT2D eigenvalue weighted by Gasteiger charge is -2.16. The molecule has 176 valence electrons. The highest BCUT2D eigenvalue weighted by molar-refractivity contribution is 7.99. The first kappa shape index (κ1) is 24.9. The molecule has 0 aliphatic carbocycles. The van der Waals surface area contributed by atoms with Crippen LogP contribution in [-0.2, 0) is 6.42 Å². The quantitative estimate of drug-likeness (QED) is 0.121. The fourth-order valence-corrected chi connectivity index (χ4v) is 4.61. The molecule has 0 atom stereocenters. The van der Waals surface area contributed by atoms with Crippen LogP contribution < -0.4 is 4.74 Å². The number of hydrogen-bond acceptors (Lipinski definition) is 8. The number of aromatic nitrogens is 4. The van der Waals surface area contributed by atoms with E-state index in [1.54, 1.807) is 22.5 Å². The van der Waals surface area contributed by atoms with E-state index < -0.39 is 0 Å². The fourth-order valence-electron chi connectivity index (χ4n) is 3.42. The molecule has 0 amide bonds. The minimum absolute atomic E-state index is 0.128. The maximum absolute atomic E-state index is 10.7. The van der Waals surface area contributed by atoms with E-state index in [1.807, 2.05) is 45.0 Å². The van der Waals surface area contributed by atoms with Crippen LogP contribution in [0.15, 0.2) is 40.4 Å². The zero-order valence-electron chi connectivity index (χ0n) is 19.0. The summed E-state index contributed by atoms with van der Waals surface area (Å²) in [5.74, 6) is 2.31. The second-order valence-corrected chi connectivity index (χ2v) is 8.94. The molecule has 2 N–H and O–H groups in total. The number of phenolic OH excluding ortho intramolecular Hbond substituents is 1. The summed E-state index contributed by atoms with van der Waals surface area (Å²) in [6.45, 7) is 6.27. The van der Waals surface area contributed by atoms with Gasteiger partial charge >= 0.3 is 0 Å². The maximum atomic E-state index is 10.7. The number of aryl methyl sites for hydroxylation is 1. The molecule has 0 bridgehead atoms. The highest BCUT2D eigenvalue weighted by Crippen LogP contribution is 2.34. The van der Waals surface area contributed by atoms with E-state index in [0.29, 0.717) is 47.3 Å². The molecule has 33 heavy (non-hydrogen) atoms. The summed E-state index contributed by atoms with van der Waals surface area (Å²) in [7, 11) is 0. The van der Waals surface area contributed by atoms with E-state index in [0.717, 1.165) is 34.7 Å². The Morgan fingerprint density at radius 1 is 1.24 bits per heavy atom. The van der Waals surface area contributed by atoms with E-state index in [9.17, 15) is 10.3 Å². The predicted octanol–water partition coefficient (Wildman–Crippen LogP) is 5.43. The Morgan fingerprint density at radius 3 is 2.70 bits per heavy atom. The van der Waals surface area contributed by atoms with Crippen molar-refractivity contribution in [2.75, 3.05) is 12.4 Å². The Hall–Kier alpha value is -2.78. The van der Waals surface area contributed by atoms with Crippen molar-refractivity contribution in [2.24, 2.45) is 5.16 Å². The van der Waals surface area contributed by atoms with Gasteiger partial charge in [0.15, 0.2) is 5.82 Å². The molecule has 8 nitrogen and oxygen atoms in total. The van der Waals surface area contributed by atoms with E-state index in [1.165, 1.54) is 0 Å². The van der Waals surface area contributed by atoms with Crippen LogP contribution in [0.2, 0.25) is 5.02 Å². The number of oxime groups is 1. The van der Waals surface area contributed by atoms with Gasteiger partial charge in [-0.1, -0.05) is 37.0 Å². The van der Waals surface area contributed by atoms with Gasteiger partial charge in [0.2, 0.25) is 0 Å². The highest BCUT2D eigenvalue weighted by Gasteiger charge is 2.16. The van der Waals surface area contributed by atoms with Gasteiger partial charge in [0.05, 0.1) is 23.0 Å². The molecule has 0 fully saturated rings. The molecule has 0 saturated carbocycles. The summed E-state index contributed by atoms with van der Waals surface area (Å²) >= 11 is 8.11. The van der Waals surface area contributed by atoms with Crippen LogP contribution in [0, 0.1) is 6.92 Å². The molecule has 0 radical (unpaired) electrons. The van der Waals surface area contributed by atoms with Crippen LogP contribution in [0.4, 0.5) is 0 Å². The minimum Gasteiger partial charge on any atom is -0.507 e. The largest absolute Gasteiger partial charge is 0.507 e. The lowest BCUT2D eigenvalue weighted by molar-refractivity contribution is 0.311. The smallest absolute Gasteiger partial charge is 0.153 e. The first-order chi connectivity index (χ1) is 16.0. The standard InChI is InChI=1S/C23H28ClN5O3S/c1-4-7-18-21(10-9-17(23(18)30)20(5-2)26-31)32-12-6-13-33-22-11-8-16(14-19(22)24)29-15(3)25-27-28-29/h8-11,14,30-31H,4-7,12-13H2,1-3H3. The molecule has 1 aromatic heterocycles. The molecule has 0 unspecified atom stereocenters. The molecule has 0 aliphatic heterocycles. The van der Waals surface area contributed by atoms with E-state index >= 15 is 0 Å². The van der Waals surface area contributed by atoms with Crippen LogP contribution in [0.5, 0.6) is 11.5 Å². The third-order valence-electron chi connectivity index (χ3n) is 5.10. The van der Waals surface area contributed by atoms with E-state index in [-0.39, 0.29) is 5.75 Å². The number of rotatable bonds is 11. The van der Waals surface area contributed by atoms with E-state index in [2.05, 4.69) is 20.7 Å². The summed E-state index contributed by atoms with van der Waals surface area (Å²) in [5, 5.41) is 35.4. The Kier molecular flexibility index (Phi) is 8.96. The first-order valence-corrected chi connectivity index (χ1v) is 12.2. The fraction of sp³-hybridized carbons (Fsp3) is 0.391. The van der Waals surface area contributed by atoms with Crippen molar-refractivity contribution in [3.05, 3.63) is 52.3 Å². The van der Waals surface area contributed by atoms with Crippen molar-refractivity contribution in [3.8, 4) is 17.2 Å². The van der Waals surface area contributed by atoms with Crippen molar-refractivity contribution < 1.29 is 15.1 Å². The Labute approximate surface area is 202 Å². The van der Waals surface area contributed by atoms with Crippen molar-refractivity contribution in [1.82, 2.24) is 20.2 Å². The van der Waals surface area contributed by atoms with Gasteiger partial charge in [-0.25, -0.2) is 0 Å². The Balaban J connectivity index is 1.58. The van der Waals surface area contributed by atoms with Gasteiger partial charge < -0.3 is 15.1 Å². The van der Waals surface area contributed by atoms with Crippen LogP contribution in [0.3, 0.4) is 0 Å². The SMILES string of the molecule is CCCc1c(OCCCSc2ccc(-n3nnnc3C)cc2Cl)ccc(C(CC)=NO)c1O. The monoisotopic (exact) mass is 489 g/mol.